The number of rotatable bonds is 1. The number of hydrogen-bond acceptors (Lipinski definition) is 2. The van der Waals surface area contributed by atoms with E-state index in [1.165, 1.54) is 0 Å². The summed E-state index contributed by atoms with van der Waals surface area (Å²) in [4.78, 5) is 16.0. The highest BCUT2D eigenvalue weighted by Crippen LogP contribution is 2.32. The van der Waals surface area contributed by atoms with Gasteiger partial charge in [0.2, 0.25) is 0 Å². The Morgan fingerprint density at radius 3 is 2.93 bits per heavy atom. The van der Waals surface area contributed by atoms with Crippen LogP contribution in [-0.4, -0.2) is 54.6 Å². The number of fused-ring (bicyclic) bond motifs is 1. The first kappa shape index (κ1) is 10.7. The maximum absolute atomic E-state index is 12.2. The van der Waals surface area contributed by atoms with Crippen molar-refractivity contribution in [3.63, 3.8) is 0 Å². The number of amides is 2. The van der Waals surface area contributed by atoms with Crippen LogP contribution in [-0.2, 0) is 0 Å². The fourth-order valence-corrected chi connectivity index (χ4v) is 2.83. The number of nitrogens with one attached hydrogen (secondary N) is 1. The van der Waals surface area contributed by atoms with Gasteiger partial charge in [-0.05, 0) is 26.2 Å². The van der Waals surface area contributed by atoms with Crippen LogP contribution < -0.4 is 5.32 Å². The highest BCUT2D eigenvalue weighted by atomic mass is 16.2. The molecule has 4 nitrogen and oxygen atoms in total. The summed E-state index contributed by atoms with van der Waals surface area (Å²) in [7, 11) is 1.88. The van der Waals surface area contributed by atoms with Crippen molar-refractivity contribution in [2.75, 3.05) is 26.7 Å². The lowest BCUT2D eigenvalue weighted by Crippen LogP contribution is -2.48. The third-order valence-corrected chi connectivity index (χ3v) is 3.80. The molecule has 2 heterocycles. The summed E-state index contributed by atoms with van der Waals surface area (Å²) in [6, 6.07) is 1.03. The maximum Gasteiger partial charge on any atom is 0.320 e. The summed E-state index contributed by atoms with van der Waals surface area (Å²) in [5.74, 6) is 0.675. The van der Waals surface area contributed by atoms with Crippen molar-refractivity contribution < 1.29 is 4.79 Å². The monoisotopic (exact) mass is 211 g/mol. The molecular weight excluding hydrogens is 190 g/mol. The summed E-state index contributed by atoms with van der Waals surface area (Å²) in [5.41, 5.74) is 0. The van der Waals surface area contributed by atoms with Crippen molar-refractivity contribution >= 4 is 6.03 Å². The molecule has 86 valence electrons. The molecule has 2 aliphatic rings. The van der Waals surface area contributed by atoms with Gasteiger partial charge in [-0.15, -0.1) is 0 Å². The molecule has 1 N–H and O–H groups in total. The highest BCUT2D eigenvalue weighted by molar-refractivity contribution is 5.75. The second-order valence-electron chi connectivity index (χ2n) is 4.77. The van der Waals surface area contributed by atoms with E-state index in [1.54, 1.807) is 4.90 Å². The van der Waals surface area contributed by atoms with E-state index in [4.69, 9.17) is 0 Å². The molecule has 0 radical (unpaired) electrons. The van der Waals surface area contributed by atoms with Gasteiger partial charge in [-0.1, -0.05) is 0 Å². The fourth-order valence-electron chi connectivity index (χ4n) is 2.83. The molecule has 2 fully saturated rings. The second-order valence-corrected chi connectivity index (χ2v) is 4.77. The van der Waals surface area contributed by atoms with Gasteiger partial charge in [0.1, 0.15) is 0 Å². The van der Waals surface area contributed by atoms with Gasteiger partial charge in [-0.3, -0.25) is 0 Å². The third kappa shape index (κ3) is 1.71. The van der Waals surface area contributed by atoms with Gasteiger partial charge in [-0.2, -0.15) is 0 Å². The molecule has 0 aromatic carbocycles. The second kappa shape index (κ2) is 4.00. The molecule has 0 aromatic heterocycles. The molecule has 0 spiro atoms. The number of carbonyl (C=O) groups excluding carboxylic acids is 1. The summed E-state index contributed by atoms with van der Waals surface area (Å²) < 4.78 is 0. The normalized spacial score (nSPS) is 34.3. The van der Waals surface area contributed by atoms with Crippen LogP contribution in [0.25, 0.3) is 0 Å². The van der Waals surface area contributed by atoms with E-state index >= 15 is 0 Å². The van der Waals surface area contributed by atoms with Crippen LogP contribution in [0.1, 0.15) is 20.3 Å². The summed E-state index contributed by atoms with van der Waals surface area (Å²) >= 11 is 0. The lowest BCUT2D eigenvalue weighted by Gasteiger charge is -2.31. The van der Waals surface area contributed by atoms with Crippen molar-refractivity contribution in [2.24, 2.45) is 5.92 Å². The largest absolute Gasteiger partial charge is 0.328 e. The Labute approximate surface area is 91.6 Å². The van der Waals surface area contributed by atoms with Crippen LogP contribution in [0.2, 0.25) is 0 Å². The topological polar surface area (TPSA) is 35.6 Å². The number of urea groups is 1. The van der Waals surface area contributed by atoms with Crippen molar-refractivity contribution in [3.8, 4) is 0 Å². The van der Waals surface area contributed by atoms with Gasteiger partial charge in [0.05, 0.1) is 6.04 Å². The van der Waals surface area contributed by atoms with Crippen LogP contribution in [0.15, 0.2) is 0 Å². The third-order valence-electron chi connectivity index (χ3n) is 3.80. The summed E-state index contributed by atoms with van der Waals surface area (Å²) in [6.45, 7) is 7.02. The van der Waals surface area contributed by atoms with E-state index in [1.807, 2.05) is 14.0 Å². The Balaban J connectivity index is 2.10. The first-order chi connectivity index (χ1) is 7.15. The van der Waals surface area contributed by atoms with E-state index in [2.05, 4.69) is 17.1 Å². The average Bonchev–Trinajstić information content (AvgIpc) is 2.75. The minimum Gasteiger partial charge on any atom is -0.328 e. The summed E-state index contributed by atoms with van der Waals surface area (Å²) in [6.07, 6.45) is 1.15. The number of likely N-dealkylation sites (tertiary alicyclic amines) is 1. The first-order valence-electron chi connectivity index (χ1n) is 5.89. The molecule has 2 aliphatic heterocycles. The fraction of sp³-hybridized carbons (Fsp3) is 0.909. The van der Waals surface area contributed by atoms with E-state index < -0.39 is 0 Å². The van der Waals surface area contributed by atoms with Crippen LogP contribution in [0.4, 0.5) is 4.79 Å². The van der Waals surface area contributed by atoms with Crippen LogP contribution in [0.5, 0.6) is 0 Å². The molecule has 0 aromatic rings. The summed E-state index contributed by atoms with van der Waals surface area (Å²) in [5, 5.41) is 3.37. The van der Waals surface area contributed by atoms with Crippen molar-refractivity contribution in [2.45, 2.75) is 32.4 Å². The zero-order chi connectivity index (χ0) is 11.0. The zero-order valence-electron chi connectivity index (χ0n) is 9.86. The molecule has 2 rings (SSSR count). The van der Waals surface area contributed by atoms with Gasteiger partial charge in [0, 0.05) is 32.7 Å². The van der Waals surface area contributed by atoms with Crippen molar-refractivity contribution in [1.29, 1.82) is 0 Å². The minimum absolute atomic E-state index is 0.196. The molecule has 0 bridgehead atoms. The maximum atomic E-state index is 12.2. The molecule has 3 unspecified atom stereocenters. The number of nitrogens with zero attached hydrogens (tertiary/aromatic N) is 2. The van der Waals surface area contributed by atoms with Crippen LogP contribution >= 0.6 is 0 Å². The molecule has 15 heavy (non-hydrogen) atoms. The number of carbonyl (C=O) groups is 1. The van der Waals surface area contributed by atoms with Crippen LogP contribution in [0.3, 0.4) is 0 Å². The Kier molecular flexibility index (Phi) is 2.87. The lowest BCUT2D eigenvalue weighted by atomic mass is 10.0. The smallest absolute Gasteiger partial charge is 0.320 e. The SMILES string of the molecule is CCN(C)C(=O)N1C(C)CC2CNCC21. The molecular formula is C11H21N3O. The van der Waals surface area contributed by atoms with Crippen molar-refractivity contribution in [3.05, 3.63) is 0 Å². The Bertz CT molecular complexity index is 256. The Morgan fingerprint density at radius 2 is 2.27 bits per heavy atom. The predicted molar refractivity (Wildman–Crippen MR) is 59.8 cm³/mol. The quantitative estimate of drug-likeness (QED) is 0.694. The van der Waals surface area contributed by atoms with Gasteiger partial charge >= 0.3 is 6.03 Å². The molecule has 0 aliphatic carbocycles. The van der Waals surface area contributed by atoms with Gasteiger partial charge in [0.25, 0.3) is 0 Å². The molecule has 3 atom stereocenters. The Hall–Kier alpha value is -0.770. The van der Waals surface area contributed by atoms with Gasteiger partial charge < -0.3 is 15.1 Å². The molecule has 4 heteroatoms. The van der Waals surface area contributed by atoms with E-state index in [0.29, 0.717) is 18.0 Å². The average molecular weight is 211 g/mol. The Morgan fingerprint density at radius 1 is 1.53 bits per heavy atom. The standard InChI is InChI=1S/C11H21N3O/c1-4-13(3)11(15)14-8(2)5-9-6-12-7-10(9)14/h8-10,12H,4-7H2,1-3H3. The van der Waals surface area contributed by atoms with Crippen LogP contribution in [0, 0.1) is 5.92 Å². The molecule has 0 saturated carbocycles. The lowest BCUT2D eigenvalue weighted by molar-refractivity contribution is 0.145. The minimum atomic E-state index is 0.196. The predicted octanol–water partition coefficient (Wildman–Crippen LogP) is 0.740. The number of hydrogen-bond donors (Lipinski definition) is 1. The van der Waals surface area contributed by atoms with Crippen molar-refractivity contribution in [1.82, 2.24) is 15.1 Å². The first-order valence-corrected chi connectivity index (χ1v) is 5.89. The molecule has 2 amide bonds. The molecule has 2 saturated heterocycles. The van der Waals surface area contributed by atoms with Gasteiger partial charge in [0.15, 0.2) is 0 Å². The van der Waals surface area contributed by atoms with Gasteiger partial charge in [-0.25, -0.2) is 4.79 Å². The highest BCUT2D eigenvalue weighted by Gasteiger charge is 2.44. The van der Waals surface area contributed by atoms with E-state index in [-0.39, 0.29) is 6.03 Å². The zero-order valence-corrected chi connectivity index (χ0v) is 9.86. The van der Waals surface area contributed by atoms with E-state index in [0.717, 1.165) is 26.1 Å². The van der Waals surface area contributed by atoms with E-state index in [9.17, 15) is 4.79 Å².